The molecule has 0 aromatic heterocycles. The van der Waals surface area contributed by atoms with E-state index in [1.807, 2.05) is 0 Å². The van der Waals surface area contributed by atoms with Crippen LogP contribution >= 0.6 is 11.8 Å². The maximum Gasteiger partial charge on any atom is 0.0307 e. The van der Waals surface area contributed by atoms with Crippen LogP contribution in [-0.4, -0.2) is 5.75 Å². The van der Waals surface area contributed by atoms with E-state index in [0.717, 1.165) is 5.75 Å². The van der Waals surface area contributed by atoms with E-state index in [1.54, 1.807) is 0 Å². The molecule has 1 heteroatoms. The first-order chi connectivity index (χ1) is 3.91. The van der Waals surface area contributed by atoms with Crippen LogP contribution in [0, 0.1) is 6.26 Å². The number of unbranched alkanes of at least 4 members (excludes halogenated alkanes) is 3. The second-order valence-electron chi connectivity index (χ2n) is 1.93. The van der Waals surface area contributed by atoms with E-state index in [2.05, 4.69) is 6.92 Å². The maximum absolute atomic E-state index is 5.23. The van der Waals surface area contributed by atoms with Crippen LogP contribution in [0.25, 0.3) is 0 Å². The Morgan fingerprint density at radius 2 is 2.00 bits per heavy atom. The fourth-order valence-electron chi connectivity index (χ4n) is 0.612. The molecule has 0 aromatic carbocycles. The zero-order chi connectivity index (χ0) is 6.24. The van der Waals surface area contributed by atoms with Gasteiger partial charge >= 0.3 is 0 Å². The van der Waals surface area contributed by atoms with Crippen molar-refractivity contribution in [2.24, 2.45) is 0 Å². The van der Waals surface area contributed by atoms with Gasteiger partial charge in [0, 0.05) is 6.26 Å². The number of thioether (sulfide) groups is 1. The average Bonchev–Trinajstić information content (AvgIpc) is 1.81. The highest BCUT2D eigenvalue weighted by Crippen LogP contribution is 2.04. The summed E-state index contributed by atoms with van der Waals surface area (Å²) < 4.78 is 0. The van der Waals surface area contributed by atoms with Crippen molar-refractivity contribution in [1.82, 2.24) is 0 Å². The molecule has 0 unspecified atom stereocenters. The Morgan fingerprint density at radius 3 is 2.50 bits per heavy atom. The number of hydrogen-bond donors (Lipinski definition) is 0. The average molecular weight is 130 g/mol. The molecule has 0 saturated heterocycles. The van der Waals surface area contributed by atoms with Gasteiger partial charge in [0.15, 0.2) is 0 Å². The highest BCUT2D eigenvalue weighted by atomic mass is 32.2. The van der Waals surface area contributed by atoms with E-state index in [-0.39, 0.29) is 0 Å². The highest BCUT2D eigenvalue weighted by molar-refractivity contribution is 8.00. The van der Waals surface area contributed by atoms with Crippen molar-refractivity contribution in [2.75, 3.05) is 5.75 Å². The van der Waals surface area contributed by atoms with Gasteiger partial charge in [0.05, 0.1) is 0 Å². The second kappa shape index (κ2) is 7.35. The number of hydrogen-bond acceptors (Lipinski definition) is 1. The maximum atomic E-state index is 5.23. The summed E-state index contributed by atoms with van der Waals surface area (Å²) in [7, 11) is 0. The Balaban J connectivity index is 2.53. The molecule has 0 bridgehead atoms. The Hall–Kier alpha value is 0.350. The predicted octanol–water partition coefficient (Wildman–Crippen LogP) is 2.97. The van der Waals surface area contributed by atoms with Gasteiger partial charge in [0.2, 0.25) is 0 Å². The quantitative estimate of drug-likeness (QED) is 0.515. The third-order valence-corrected chi connectivity index (χ3v) is 1.64. The van der Waals surface area contributed by atoms with Crippen LogP contribution in [0.3, 0.4) is 0 Å². The van der Waals surface area contributed by atoms with Gasteiger partial charge in [-0.2, -0.15) is 11.8 Å². The molecule has 0 aliphatic carbocycles. The minimum atomic E-state index is 1.12. The predicted molar refractivity (Wildman–Crippen MR) is 40.9 cm³/mol. The van der Waals surface area contributed by atoms with Gasteiger partial charge in [-0.1, -0.05) is 26.2 Å². The fraction of sp³-hybridized carbons (Fsp3) is 0.857. The molecule has 0 aromatic rings. The fourth-order valence-corrected chi connectivity index (χ4v) is 0.983. The van der Waals surface area contributed by atoms with E-state index < -0.39 is 0 Å². The Kier molecular flexibility index (Phi) is 7.67. The SMILES string of the molecule is [CH]SCCCCCC. The van der Waals surface area contributed by atoms with Crippen LogP contribution < -0.4 is 0 Å². The minimum Gasteiger partial charge on any atom is -0.156 e. The van der Waals surface area contributed by atoms with Crippen molar-refractivity contribution in [3.8, 4) is 0 Å². The van der Waals surface area contributed by atoms with E-state index in [1.165, 1.54) is 37.4 Å². The molecule has 0 aliphatic rings. The molecular weight excluding hydrogens is 116 g/mol. The summed E-state index contributed by atoms with van der Waals surface area (Å²) in [5, 5.41) is 0. The molecular formula is C7H14S. The van der Waals surface area contributed by atoms with Crippen LogP contribution in [0.1, 0.15) is 32.6 Å². The highest BCUT2D eigenvalue weighted by Gasteiger charge is 1.83. The van der Waals surface area contributed by atoms with Crippen molar-refractivity contribution in [3.05, 3.63) is 6.26 Å². The summed E-state index contributed by atoms with van der Waals surface area (Å²) in [4.78, 5) is 0. The van der Waals surface area contributed by atoms with Gasteiger partial charge in [0.1, 0.15) is 0 Å². The molecule has 0 N–H and O–H groups in total. The molecule has 2 radical (unpaired) electrons. The topological polar surface area (TPSA) is 0 Å². The normalized spacial score (nSPS) is 9.75. The van der Waals surface area contributed by atoms with Gasteiger partial charge in [-0.25, -0.2) is 0 Å². The third-order valence-electron chi connectivity index (χ3n) is 1.12. The van der Waals surface area contributed by atoms with Gasteiger partial charge in [-0.3, -0.25) is 0 Å². The Morgan fingerprint density at radius 1 is 1.25 bits per heavy atom. The molecule has 0 fully saturated rings. The molecule has 0 amide bonds. The molecule has 0 heterocycles. The summed E-state index contributed by atoms with van der Waals surface area (Å²) in [6.45, 7) is 2.22. The van der Waals surface area contributed by atoms with Crippen LogP contribution in [0.2, 0.25) is 0 Å². The molecule has 0 saturated carbocycles. The zero-order valence-corrected chi connectivity index (χ0v) is 6.34. The molecule has 8 heavy (non-hydrogen) atoms. The van der Waals surface area contributed by atoms with Crippen molar-refractivity contribution in [1.29, 1.82) is 0 Å². The summed E-state index contributed by atoms with van der Waals surface area (Å²) in [5.74, 6) is 1.12. The van der Waals surface area contributed by atoms with Gasteiger partial charge < -0.3 is 0 Å². The lowest BCUT2D eigenvalue weighted by molar-refractivity contribution is 0.707. The lowest BCUT2D eigenvalue weighted by Gasteiger charge is -1.93. The first kappa shape index (κ1) is 8.35. The molecule has 0 aliphatic heterocycles. The van der Waals surface area contributed by atoms with E-state index >= 15 is 0 Å². The molecule has 0 nitrogen and oxygen atoms in total. The van der Waals surface area contributed by atoms with Crippen LogP contribution in [0.15, 0.2) is 0 Å². The van der Waals surface area contributed by atoms with Gasteiger partial charge in [-0.15, -0.1) is 0 Å². The van der Waals surface area contributed by atoms with E-state index in [0.29, 0.717) is 0 Å². The van der Waals surface area contributed by atoms with E-state index in [9.17, 15) is 0 Å². The third kappa shape index (κ3) is 6.35. The standard InChI is InChI=1S/C7H14S/c1-3-4-5-6-7-8-2/h2H,3-7H2,1H3. The van der Waals surface area contributed by atoms with Crippen LogP contribution in [-0.2, 0) is 0 Å². The van der Waals surface area contributed by atoms with Crippen molar-refractivity contribution in [2.45, 2.75) is 32.6 Å². The molecule has 48 valence electrons. The number of rotatable bonds is 5. The summed E-state index contributed by atoms with van der Waals surface area (Å²) in [6, 6.07) is 0. The zero-order valence-electron chi connectivity index (χ0n) is 5.52. The molecule has 0 atom stereocenters. The summed E-state index contributed by atoms with van der Waals surface area (Å²) in [5.41, 5.74) is 0. The Bertz CT molecular complexity index is 29.4. The lowest BCUT2D eigenvalue weighted by atomic mass is 10.2. The van der Waals surface area contributed by atoms with E-state index in [4.69, 9.17) is 6.26 Å². The van der Waals surface area contributed by atoms with Gasteiger partial charge in [0.25, 0.3) is 0 Å². The van der Waals surface area contributed by atoms with Crippen molar-refractivity contribution >= 4 is 11.8 Å². The molecule has 0 rings (SSSR count). The van der Waals surface area contributed by atoms with Gasteiger partial charge in [-0.05, 0) is 12.2 Å². The van der Waals surface area contributed by atoms with Crippen molar-refractivity contribution < 1.29 is 0 Å². The summed E-state index contributed by atoms with van der Waals surface area (Å²) >= 11 is 1.45. The second-order valence-corrected chi connectivity index (χ2v) is 2.67. The first-order valence-corrected chi connectivity index (χ1v) is 4.28. The first-order valence-electron chi connectivity index (χ1n) is 3.23. The summed E-state index contributed by atoms with van der Waals surface area (Å²) in [6.07, 6.45) is 10.5. The monoisotopic (exact) mass is 130 g/mol. The minimum absolute atomic E-state index is 1.12. The molecule has 0 spiro atoms. The Labute approximate surface area is 57.1 Å². The smallest absolute Gasteiger partial charge is 0.0307 e. The lowest BCUT2D eigenvalue weighted by Crippen LogP contribution is -1.76. The largest absolute Gasteiger partial charge is 0.156 e. The van der Waals surface area contributed by atoms with Crippen LogP contribution in [0.5, 0.6) is 0 Å². The van der Waals surface area contributed by atoms with Crippen molar-refractivity contribution in [3.63, 3.8) is 0 Å². The van der Waals surface area contributed by atoms with Crippen LogP contribution in [0.4, 0.5) is 0 Å².